The van der Waals surface area contributed by atoms with Crippen molar-refractivity contribution in [1.82, 2.24) is 9.97 Å². The molecule has 0 amide bonds. The van der Waals surface area contributed by atoms with Crippen molar-refractivity contribution in [2.75, 3.05) is 13.3 Å². The van der Waals surface area contributed by atoms with Crippen molar-refractivity contribution in [1.29, 1.82) is 0 Å². The molecule has 0 saturated carbocycles. The molecule has 0 radical (unpaired) electrons. The molecule has 1 aromatic heterocycles. The van der Waals surface area contributed by atoms with Gasteiger partial charge >= 0.3 is 0 Å². The van der Waals surface area contributed by atoms with E-state index in [9.17, 15) is 4.57 Å². The maximum absolute atomic E-state index is 11.4. The first kappa shape index (κ1) is 8.88. The van der Waals surface area contributed by atoms with Gasteiger partial charge in [0.25, 0.3) is 0 Å². The number of rotatable bonds is 1. The second-order valence-corrected chi connectivity index (χ2v) is 6.52. The van der Waals surface area contributed by atoms with Crippen LogP contribution in [0.15, 0.2) is 17.0 Å². The Hall–Kier alpha value is -0.210. The Morgan fingerprint density at radius 2 is 2.00 bits per heavy atom. The van der Waals surface area contributed by atoms with Crippen LogP contribution in [0, 0.1) is 0 Å². The highest BCUT2D eigenvalue weighted by Gasteiger charge is 2.12. The fraction of sp³-hybridized carbons (Fsp3) is 0.333. The van der Waals surface area contributed by atoms with Gasteiger partial charge in [-0.05, 0) is 29.3 Å². The van der Waals surface area contributed by atoms with E-state index >= 15 is 0 Å². The molecule has 0 N–H and O–H groups in total. The summed E-state index contributed by atoms with van der Waals surface area (Å²) in [5, 5.41) is 0. The summed E-state index contributed by atoms with van der Waals surface area (Å²) in [6.07, 6.45) is 3.08. The summed E-state index contributed by atoms with van der Waals surface area (Å²) in [5.41, 5.74) is 0.570. The molecule has 0 aromatic carbocycles. The monoisotopic (exact) mass is 234 g/mol. The molecule has 1 aromatic rings. The van der Waals surface area contributed by atoms with Gasteiger partial charge in [-0.15, -0.1) is 0 Å². The van der Waals surface area contributed by atoms with E-state index in [4.69, 9.17) is 0 Å². The molecule has 0 aliphatic heterocycles. The molecule has 0 spiro atoms. The van der Waals surface area contributed by atoms with Crippen LogP contribution in [0.5, 0.6) is 0 Å². The second kappa shape index (κ2) is 3.03. The van der Waals surface area contributed by atoms with Gasteiger partial charge in [0.05, 0.1) is 12.4 Å². The van der Waals surface area contributed by atoms with Gasteiger partial charge in [-0.2, -0.15) is 0 Å². The molecule has 3 nitrogen and oxygen atoms in total. The Bertz CT molecular complexity index is 292. The number of hydrogen-bond acceptors (Lipinski definition) is 3. The summed E-state index contributed by atoms with van der Waals surface area (Å²) in [4.78, 5) is 7.90. The Morgan fingerprint density at radius 3 is 2.36 bits per heavy atom. The fourth-order valence-electron chi connectivity index (χ4n) is 0.584. The van der Waals surface area contributed by atoms with Crippen LogP contribution in [0.4, 0.5) is 0 Å². The van der Waals surface area contributed by atoms with Crippen LogP contribution >= 0.6 is 23.1 Å². The number of halogens is 1. The highest BCUT2D eigenvalue weighted by Crippen LogP contribution is 2.32. The van der Waals surface area contributed by atoms with Gasteiger partial charge < -0.3 is 4.57 Å². The van der Waals surface area contributed by atoms with Gasteiger partial charge in [-0.3, -0.25) is 0 Å². The van der Waals surface area contributed by atoms with E-state index in [0.717, 1.165) is 0 Å². The molecular weight excluding hydrogens is 227 g/mol. The molecule has 0 unspecified atom stereocenters. The lowest BCUT2D eigenvalue weighted by Crippen LogP contribution is -2.08. The van der Waals surface area contributed by atoms with Crippen LogP contribution in [0.3, 0.4) is 0 Å². The predicted molar refractivity (Wildman–Crippen MR) is 48.8 cm³/mol. The minimum Gasteiger partial charge on any atom is -0.318 e. The first-order valence-electron chi connectivity index (χ1n) is 3.03. The molecule has 0 saturated heterocycles. The highest BCUT2D eigenvalue weighted by atomic mass is 79.9. The first-order valence-corrected chi connectivity index (χ1v) is 6.42. The normalized spacial score (nSPS) is 11.5. The van der Waals surface area contributed by atoms with Gasteiger partial charge in [0, 0.05) is 0 Å². The lowest BCUT2D eigenvalue weighted by molar-refractivity contribution is 0.587. The maximum atomic E-state index is 11.4. The molecule has 60 valence electrons. The van der Waals surface area contributed by atoms with Crippen molar-refractivity contribution in [2.24, 2.45) is 0 Å². The standard InChI is InChI=1S/C6H8BrN2OP/c1-11(2,10)6-4-8-5(7)3-9-6/h3-4H,1-2H3. The Labute approximate surface area is 73.8 Å². The van der Waals surface area contributed by atoms with Gasteiger partial charge in [0.15, 0.2) is 0 Å². The van der Waals surface area contributed by atoms with Gasteiger partial charge in [0.2, 0.25) is 0 Å². The molecule has 11 heavy (non-hydrogen) atoms. The van der Waals surface area contributed by atoms with Gasteiger partial charge in [-0.25, -0.2) is 9.97 Å². The highest BCUT2D eigenvalue weighted by molar-refractivity contribution is 9.10. The van der Waals surface area contributed by atoms with Crippen molar-refractivity contribution in [2.45, 2.75) is 0 Å². The molecule has 5 heteroatoms. The van der Waals surface area contributed by atoms with Crippen LogP contribution in [-0.2, 0) is 4.57 Å². The van der Waals surface area contributed by atoms with E-state index in [2.05, 4.69) is 25.9 Å². The molecule has 0 aliphatic rings. The summed E-state index contributed by atoms with van der Waals surface area (Å²) in [5.74, 6) is 0. The molecular formula is C6H8BrN2OP. The zero-order valence-corrected chi connectivity index (χ0v) is 8.76. The third kappa shape index (κ3) is 2.38. The Kier molecular flexibility index (Phi) is 2.45. The van der Waals surface area contributed by atoms with Crippen molar-refractivity contribution in [3.05, 3.63) is 17.0 Å². The second-order valence-electron chi connectivity index (χ2n) is 2.55. The Morgan fingerprint density at radius 1 is 1.36 bits per heavy atom. The number of hydrogen-bond donors (Lipinski definition) is 0. The summed E-state index contributed by atoms with van der Waals surface area (Å²) in [7, 11) is -2.23. The molecule has 0 aliphatic carbocycles. The maximum Gasteiger partial charge on any atom is 0.128 e. The van der Waals surface area contributed by atoms with Crippen LogP contribution < -0.4 is 5.44 Å². The lowest BCUT2D eigenvalue weighted by atomic mass is 10.8. The zero-order chi connectivity index (χ0) is 8.48. The van der Waals surface area contributed by atoms with Crippen molar-refractivity contribution in [3.63, 3.8) is 0 Å². The van der Waals surface area contributed by atoms with Gasteiger partial charge in [-0.1, -0.05) is 0 Å². The number of nitrogens with zero attached hydrogens (tertiary/aromatic N) is 2. The first-order chi connectivity index (χ1) is 5.00. The average Bonchev–Trinajstić information content (AvgIpc) is 1.86. The van der Waals surface area contributed by atoms with Crippen LogP contribution in [0.2, 0.25) is 0 Å². The zero-order valence-electron chi connectivity index (χ0n) is 6.28. The lowest BCUT2D eigenvalue weighted by Gasteiger charge is -2.03. The molecule has 0 bridgehead atoms. The quantitative estimate of drug-likeness (QED) is 0.692. The largest absolute Gasteiger partial charge is 0.318 e. The van der Waals surface area contributed by atoms with Crippen molar-refractivity contribution >= 4 is 28.5 Å². The predicted octanol–water partition coefficient (Wildman–Crippen LogP) is 1.49. The topological polar surface area (TPSA) is 42.9 Å². The summed E-state index contributed by atoms with van der Waals surface area (Å²) < 4.78 is 12.1. The average molecular weight is 235 g/mol. The van der Waals surface area contributed by atoms with E-state index in [1.54, 1.807) is 19.5 Å². The molecule has 0 atom stereocenters. The SMILES string of the molecule is CP(C)(=O)c1cnc(Br)cn1. The molecule has 1 rings (SSSR count). The minimum absolute atomic E-state index is 0.570. The van der Waals surface area contributed by atoms with E-state index in [1.807, 2.05) is 0 Å². The van der Waals surface area contributed by atoms with Crippen LogP contribution in [0.1, 0.15) is 0 Å². The van der Waals surface area contributed by atoms with Crippen molar-refractivity contribution < 1.29 is 4.57 Å². The smallest absolute Gasteiger partial charge is 0.128 e. The molecule has 1 heterocycles. The summed E-state index contributed by atoms with van der Waals surface area (Å²) in [6.45, 7) is 3.34. The van der Waals surface area contributed by atoms with Crippen LogP contribution in [-0.4, -0.2) is 23.3 Å². The molecule has 0 fully saturated rings. The Balaban J connectivity index is 3.09. The van der Waals surface area contributed by atoms with Crippen LogP contribution in [0.25, 0.3) is 0 Å². The van der Waals surface area contributed by atoms with E-state index < -0.39 is 7.14 Å². The van der Waals surface area contributed by atoms with Crippen molar-refractivity contribution in [3.8, 4) is 0 Å². The minimum atomic E-state index is -2.23. The fourth-order valence-corrected chi connectivity index (χ4v) is 1.46. The van der Waals surface area contributed by atoms with E-state index in [0.29, 0.717) is 10.0 Å². The summed E-state index contributed by atoms with van der Waals surface area (Å²) >= 11 is 3.15. The number of aromatic nitrogens is 2. The van der Waals surface area contributed by atoms with E-state index in [-0.39, 0.29) is 0 Å². The third-order valence-corrected chi connectivity index (χ3v) is 2.90. The van der Waals surface area contributed by atoms with E-state index in [1.165, 1.54) is 6.20 Å². The van der Waals surface area contributed by atoms with Gasteiger partial charge in [0.1, 0.15) is 17.2 Å². The summed E-state index contributed by atoms with van der Waals surface area (Å²) in [6, 6.07) is 0. The third-order valence-electron chi connectivity index (χ3n) is 1.16.